The van der Waals surface area contributed by atoms with Crippen molar-refractivity contribution in [2.45, 2.75) is 26.9 Å². The van der Waals surface area contributed by atoms with Gasteiger partial charge in [0.15, 0.2) is 0 Å². The molecule has 0 fully saturated rings. The Balaban J connectivity index is 3.02. The standard InChI is InChI=1S/C8H12N2O/c1-3-8-9-6(2)4-7(5-11)10-8/h4,11H,3,5H2,1-2H3. The minimum atomic E-state index is -0.00361. The first kappa shape index (κ1) is 8.14. The Bertz CT molecular complexity index is 226. The zero-order valence-corrected chi connectivity index (χ0v) is 6.83. The Morgan fingerprint density at radius 3 is 2.73 bits per heavy atom. The van der Waals surface area contributed by atoms with Gasteiger partial charge in [-0.2, -0.15) is 0 Å². The summed E-state index contributed by atoms with van der Waals surface area (Å²) >= 11 is 0. The third kappa shape index (κ3) is 1.98. The molecule has 1 aromatic heterocycles. The molecular weight excluding hydrogens is 140 g/mol. The van der Waals surface area contributed by atoms with E-state index in [2.05, 4.69) is 9.97 Å². The molecule has 0 saturated carbocycles. The summed E-state index contributed by atoms with van der Waals surface area (Å²) in [7, 11) is 0. The summed E-state index contributed by atoms with van der Waals surface area (Å²) < 4.78 is 0. The molecule has 11 heavy (non-hydrogen) atoms. The van der Waals surface area contributed by atoms with Crippen LogP contribution in [0.1, 0.15) is 24.1 Å². The van der Waals surface area contributed by atoms with Crippen LogP contribution in [0, 0.1) is 6.92 Å². The number of nitrogens with zero attached hydrogens (tertiary/aromatic N) is 2. The number of aliphatic hydroxyl groups is 1. The number of aryl methyl sites for hydroxylation is 2. The highest BCUT2D eigenvalue weighted by Crippen LogP contribution is 2.00. The van der Waals surface area contributed by atoms with Crippen molar-refractivity contribution in [1.82, 2.24) is 9.97 Å². The first-order chi connectivity index (χ1) is 5.26. The van der Waals surface area contributed by atoms with E-state index in [0.29, 0.717) is 5.69 Å². The minimum absolute atomic E-state index is 0.00361. The van der Waals surface area contributed by atoms with E-state index in [1.165, 1.54) is 0 Å². The van der Waals surface area contributed by atoms with Gasteiger partial charge in [-0.15, -0.1) is 0 Å². The van der Waals surface area contributed by atoms with Gasteiger partial charge in [-0.3, -0.25) is 0 Å². The molecule has 0 aliphatic rings. The zero-order chi connectivity index (χ0) is 8.27. The van der Waals surface area contributed by atoms with Gasteiger partial charge in [0.2, 0.25) is 0 Å². The summed E-state index contributed by atoms with van der Waals surface area (Å²) in [6.07, 6.45) is 0.814. The van der Waals surface area contributed by atoms with Gasteiger partial charge >= 0.3 is 0 Å². The first-order valence-electron chi connectivity index (χ1n) is 3.70. The van der Waals surface area contributed by atoms with Crippen molar-refractivity contribution < 1.29 is 5.11 Å². The van der Waals surface area contributed by atoms with Crippen LogP contribution in [-0.2, 0) is 13.0 Å². The highest BCUT2D eigenvalue weighted by Gasteiger charge is 1.97. The lowest BCUT2D eigenvalue weighted by molar-refractivity contribution is 0.276. The highest BCUT2D eigenvalue weighted by molar-refractivity contribution is 5.08. The molecule has 0 aliphatic carbocycles. The second-order valence-electron chi connectivity index (χ2n) is 2.43. The summed E-state index contributed by atoms with van der Waals surface area (Å²) in [5.74, 6) is 0.800. The minimum Gasteiger partial charge on any atom is -0.390 e. The molecule has 0 saturated heterocycles. The van der Waals surface area contributed by atoms with Crippen LogP contribution in [0.3, 0.4) is 0 Å². The monoisotopic (exact) mass is 152 g/mol. The predicted octanol–water partition coefficient (Wildman–Crippen LogP) is 0.840. The first-order valence-corrected chi connectivity index (χ1v) is 3.70. The van der Waals surface area contributed by atoms with Crippen LogP contribution < -0.4 is 0 Å². The summed E-state index contributed by atoms with van der Waals surface area (Å²) in [6.45, 7) is 3.90. The molecule has 0 radical (unpaired) electrons. The largest absolute Gasteiger partial charge is 0.390 e. The van der Waals surface area contributed by atoms with E-state index in [9.17, 15) is 0 Å². The third-order valence-corrected chi connectivity index (χ3v) is 1.43. The summed E-state index contributed by atoms with van der Waals surface area (Å²) in [5, 5.41) is 8.79. The lowest BCUT2D eigenvalue weighted by Crippen LogP contribution is -1.99. The molecule has 3 nitrogen and oxygen atoms in total. The van der Waals surface area contributed by atoms with Crippen molar-refractivity contribution in [1.29, 1.82) is 0 Å². The van der Waals surface area contributed by atoms with Gasteiger partial charge in [0.05, 0.1) is 12.3 Å². The fraction of sp³-hybridized carbons (Fsp3) is 0.500. The topological polar surface area (TPSA) is 46.0 Å². The summed E-state index contributed by atoms with van der Waals surface area (Å²) in [4.78, 5) is 8.29. The fourth-order valence-electron chi connectivity index (χ4n) is 0.939. The van der Waals surface area contributed by atoms with Gasteiger partial charge in [-0.25, -0.2) is 9.97 Å². The van der Waals surface area contributed by atoms with Crippen LogP contribution in [0.25, 0.3) is 0 Å². The number of hydrogen-bond donors (Lipinski definition) is 1. The van der Waals surface area contributed by atoms with Crippen LogP contribution in [0.15, 0.2) is 6.07 Å². The molecule has 3 heteroatoms. The average Bonchev–Trinajstić information content (AvgIpc) is 2.03. The molecular formula is C8H12N2O. The highest BCUT2D eigenvalue weighted by atomic mass is 16.3. The molecule has 0 atom stereocenters. The average molecular weight is 152 g/mol. The van der Waals surface area contributed by atoms with E-state index in [4.69, 9.17) is 5.11 Å². The molecule has 1 heterocycles. The third-order valence-electron chi connectivity index (χ3n) is 1.43. The Labute approximate surface area is 66.1 Å². The second kappa shape index (κ2) is 3.44. The van der Waals surface area contributed by atoms with Gasteiger partial charge in [-0.1, -0.05) is 6.92 Å². The zero-order valence-electron chi connectivity index (χ0n) is 6.83. The Morgan fingerprint density at radius 1 is 1.45 bits per heavy atom. The second-order valence-corrected chi connectivity index (χ2v) is 2.43. The molecule has 0 amide bonds. The maximum atomic E-state index is 8.79. The van der Waals surface area contributed by atoms with Crippen molar-refractivity contribution >= 4 is 0 Å². The van der Waals surface area contributed by atoms with Crippen molar-refractivity contribution in [3.8, 4) is 0 Å². The van der Waals surface area contributed by atoms with Gasteiger partial charge in [0.25, 0.3) is 0 Å². The predicted molar refractivity (Wildman–Crippen MR) is 42.1 cm³/mol. The Morgan fingerprint density at radius 2 is 2.18 bits per heavy atom. The quantitative estimate of drug-likeness (QED) is 0.683. The van der Waals surface area contributed by atoms with E-state index >= 15 is 0 Å². The maximum absolute atomic E-state index is 8.79. The summed E-state index contributed by atoms with van der Waals surface area (Å²) in [6, 6.07) is 1.79. The van der Waals surface area contributed by atoms with E-state index in [1.54, 1.807) is 6.07 Å². The SMILES string of the molecule is CCc1nc(C)cc(CO)n1. The maximum Gasteiger partial charge on any atom is 0.128 e. The molecule has 60 valence electrons. The van der Waals surface area contributed by atoms with Crippen LogP contribution in [0.4, 0.5) is 0 Å². The van der Waals surface area contributed by atoms with Gasteiger partial charge in [-0.05, 0) is 13.0 Å². The number of aromatic nitrogens is 2. The molecule has 0 aliphatic heterocycles. The van der Waals surface area contributed by atoms with E-state index in [-0.39, 0.29) is 6.61 Å². The van der Waals surface area contributed by atoms with Crippen molar-refractivity contribution in [2.75, 3.05) is 0 Å². The van der Waals surface area contributed by atoms with Crippen molar-refractivity contribution in [2.24, 2.45) is 0 Å². The smallest absolute Gasteiger partial charge is 0.128 e. The lowest BCUT2D eigenvalue weighted by atomic mass is 10.3. The molecule has 0 bridgehead atoms. The van der Waals surface area contributed by atoms with Crippen LogP contribution in [0.2, 0.25) is 0 Å². The Kier molecular flexibility index (Phi) is 2.54. The Hall–Kier alpha value is -0.960. The number of aliphatic hydroxyl groups excluding tert-OH is 1. The van der Waals surface area contributed by atoms with E-state index in [0.717, 1.165) is 17.9 Å². The molecule has 0 unspecified atom stereocenters. The molecule has 1 N–H and O–H groups in total. The van der Waals surface area contributed by atoms with Crippen molar-refractivity contribution in [3.05, 3.63) is 23.3 Å². The van der Waals surface area contributed by atoms with E-state index in [1.807, 2.05) is 13.8 Å². The van der Waals surface area contributed by atoms with Crippen LogP contribution in [0.5, 0.6) is 0 Å². The van der Waals surface area contributed by atoms with Gasteiger partial charge in [0, 0.05) is 12.1 Å². The molecule has 0 aromatic carbocycles. The summed E-state index contributed by atoms with van der Waals surface area (Å²) in [5.41, 5.74) is 1.62. The van der Waals surface area contributed by atoms with Gasteiger partial charge in [0.1, 0.15) is 5.82 Å². The fourth-order valence-corrected chi connectivity index (χ4v) is 0.939. The van der Waals surface area contributed by atoms with Crippen LogP contribution in [-0.4, -0.2) is 15.1 Å². The number of rotatable bonds is 2. The normalized spacial score (nSPS) is 10.1. The molecule has 1 rings (SSSR count). The van der Waals surface area contributed by atoms with E-state index < -0.39 is 0 Å². The molecule has 0 spiro atoms. The molecule has 1 aromatic rings. The number of hydrogen-bond acceptors (Lipinski definition) is 3. The van der Waals surface area contributed by atoms with Crippen LogP contribution >= 0.6 is 0 Å². The van der Waals surface area contributed by atoms with Gasteiger partial charge < -0.3 is 5.11 Å². The lowest BCUT2D eigenvalue weighted by Gasteiger charge is -2.00. The van der Waals surface area contributed by atoms with Crippen molar-refractivity contribution in [3.63, 3.8) is 0 Å².